The second kappa shape index (κ2) is 7.19. The molecule has 1 aliphatic rings. The summed E-state index contributed by atoms with van der Waals surface area (Å²) in [5.41, 5.74) is -2.98. The molecule has 1 atom stereocenters. The average Bonchev–Trinajstić information content (AvgIpc) is 3.14. The van der Waals surface area contributed by atoms with Gasteiger partial charge in [-0.2, -0.15) is 0 Å². The van der Waals surface area contributed by atoms with Crippen LogP contribution in [0.2, 0.25) is 0 Å². The van der Waals surface area contributed by atoms with Gasteiger partial charge < -0.3 is 15.0 Å². The Hall–Kier alpha value is -3.21. The van der Waals surface area contributed by atoms with Gasteiger partial charge in [0.25, 0.3) is 17.0 Å². The number of nitrogens with zero attached hydrogens (tertiary/aromatic N) is 3. The molecule has 11 nitrogen and oxygen atoms in total. The third-order valence-electron chi connectivity index (χ3n) is 4.48. The highest BCUT2D eigenvalue weighted by Crippen LogP contribution is 2.12. The number of anilines is 1. The molecular weight excluding hydrogens is 358 g/mol. The lowest BCUT2D eigenvalue weighted by Crippen LogP contribution is -2.42. The largest absolute Gasteiger partial charge is 0.376 e. The first kappa shape index (κ1) is 18.6. The van der Waals surface area contributed by atoms with Crippen molar-refractivity contribution in [3.05, 3.63) is 59.5 Å². The van der Waals surface area contributed by atoms with Crippen molar-refractivity contribution in [2.24, 2.45) is 14.1 Å². The Morgan fingerprint density at radius 2 is 2.00 bits per heavy atom. The SMILES string of the molecule is Cn1c(NC(=O)c2c[nH]c(=O)n(CC3CCCO3)c2=O)cc(=O)n(C)c1=O. The van der Waals surface area contributed by atoms with E-state index in [-0.39, 0.29) is 24.0 Å². The number of rotatable bonds is 4. The topological polar surface area (TPSA) is 137 Å². The van der Waals surface area contributed by atoms with E-state index < -0.39 is 28.4 Å². The Kier molecular flexibility index (Phi) is 4.95. The van der Waals surface area contributed by atoms with Crippen molar-refractivity contribution in [1.82, 2.24) is 18.7 Å². The van der Waals surface area contributed by atoms with Gasteiger partial charge in [0.1, 0.15) is 11.4 Å². The van der Waals surface area contributed by atoms with Crippen molar-refractivity contribution in [2.45, 2.75) is 25.5 Å². The van der Waals surface area contributed by atoms with Gasteiger partial charge in [-0.25, -0.2) is 9.59 Å². The zero-order chi connectivity index (χ0) is 19.7. The predicted octanol–water partition coefficient (Wildman–Crippen LogP) is -1.63. The van der Waals surface area contributed by atoms with Crippen molar-refractivity contribution in [2.75, 3.05) is 11.9 Å². The van der Waals surface area contributed by atoms with Gasteiger partial charge in [-0.05, 0) is 12.8 Å². The van der Waals surface area contributed by atoms with E-state index in [2.05, 4.69) is 10.3 Å². The normalized spacial score (nSPS) is 16.4. The van der Waals surface area contributed by atoms with Crippen molar-refractivity contribution in [3.63, 3.8) is 0 Å². The van der Waals surface area contributed by atoms with Gasteiger partial charge in [0.15, 0.2) is 0 Å². The molecule has 3 heterocycles. The molecule has 11 heteroatoms. The smallest absolute Gasteiger partial charge is 0.332 e. The van der Waals surface area contributed by atoms with Crippen LogP contribution < -0.4 is 27.8 Å². The number of nitrogens with one attached hydrogen (secondary N) is 2. The van der Waals surface area contributed by atoms with Crippen LogP contribution in [0.15, 0.2) is 31.4 Å². The van der Waals surface area contributed by atoms with Crippen molar-refractivity contribution in [1.29, 1.82) is 0 Å². The minimum Gasteiger partial charge on any atom is -0.376 e. The molecule has 1 unspecified atom stereocenters. The Morgan fingerprint density at radius 1 is 1.26 bits per heavy atom. The van der Waals surface area contributed by atoms with Crippen LogP contribution in [0.25, 0.3) is 0 Å². The summed E-state index contributed by atoms with van der Waals surface area (Å²) in [6, 6.07) is 1.07. The zero-order valence-electron chi connectivity index (χ0n) is 14.9. The maximum absolute atomic E-state index is 12.6. The number of aromatic nitrogens is 4. The van der Waals surface area contributed by atoms with Gasteiger partial charge in [0.05, 0.1) is 12.6 Å². The summed E-state index contributed by atoms with van der Waals surface area (Å²) in [5.74, 6) is -0.912. The van der Waals surface area contributed by atoms with E-state index in [1.54, 1.807) is 0 Å². The fraction of sp³-hybridized carbons (Fsp3) is 0.438. The molecule has 27 heavy (non-hydrogen) atoms. The van der Waals surface area contributed by atoms with Gasteiger partial charge in [0, 0.05) is 33.0 Å². The lowest BCUT2D eigenvalue weighted by molar-refractivity contribution is 0.0941. The second-order valence-electron chi connectivity index (χ2n) is 6.28. The van der Waals surface area contributed by atoms with Gasteiger partial charge in [-0.3, -0.25) is 28.1 Å². The molecule has 0 spiro atoms. The van der Waals surface area contributed by atoms with Crippen LogP contribution in [0.5, 0.6) is 0 Å². The molecule has 144 valence electrons. The highest BCUT2D eigenvalue weighted by molar-refractivity contribution is 6.03. The predicted molar refractivity (Wildman–Crippen MR) is 95.2 cm³/mol. The molecule has 2 aromatic rings. The number of amides is 1. The fourth-order valence-electron chi connectivity index (χ4n) is 2.87. The van der Waals surface area contributed by atoms with E-state index >= 15 is 0 Å². The highest BCUT2D eigenvalue weighted by Gasteiger charge is 2.21. The van der Waals surface area contributed by atoms with E-state index in [0.29, 0.717) is 6.61 Å². The molecular formula is C16H19N5O6. The number of aromatic amines is 1. The monoisotopic (exact) mass is 377 g/mol. The molecule has 2 N–H and O–H groups in total. The summed E-state index contributed by atoms with van der Waals surface area (Å²) in [5, 5.41) is 2.36. The minimum atomic E-state index is -0.847. The molecule has 1 amide bonds. The molecule has 0 aliphatic carbocycles. The summed E-state index contributed by atoms with van der Waals surface area (Å²) < 4.78 is 8.28. The highest BCUT2D eigenvalue weighted by atomic mass is 16.5. The molecule has 1 fully saturated rings. The Balaban J connectivity index is 1.94. The zero-order valence-corrected chi connectivity index (χ0v) is 14.9. The number of H-pyrrole nitrogens is 1. The Morgan fingerprint density at radius 3 is 2.67 bits per heavy atom. The molecule has 3 rings (SSSR count). The Labute approximate surface area is 151 Å². The summed E-state index contributed by atoms with van der Waals surface area (Å²) >= 11 is 0. The molecule has 1 aliphatic heterocycles. The van der Waals surface area contributed by atoms with Crippen LogP contribution in [0.1, 0.15) is 23.2 Å². The van der Waals surface area contributed by atoms with Crippen LogP contribution >= 0.6 is 0 Å². The van der Waals surface area contributed by atoms with Gasteiger partial charge >= 0.3 is 11.4 Å². The molecule has 0 radical (unpaired) electrons. The summed E-state index contributed by atoms with van der Waals surface area (Å²) in [6.45, 7) is 0.605. The van der Waals surface area contributed by atoms with Crippen LogP contribution in [-0.4, -0.2) is 37.3 Å². The van der Waals surface area contributed by atoms with E-state index in [4.69, 9.17) is 4.74 Å². The summed E-state index contributed by atoms with van der Waals surface area (Å²) in [4.78, 5) is 63.1. The number of hydrogen-bond donors (Lipinski definition) is 2. The lowest BCUT2D eigenvalue weighted by Gasteiger charge is -2.13. The van der Waals surface area contributed by atoms with Crippen molar-refractivity contribution >= 4 is 11.7 Å². The van der Waals surface area contributed by atoms with Crippen LogP contribution in [0.4, 0.5) is 5.82 Å². The first-order valence-electron chi connectivity index (χ1n) is 8.32. The molecule has 0 bridgehead atoms. The Bertz CT molecular complexity index is 1120. The molecule has 2 aromatic heterocycles. The van der Waals surface area contributed by atoms with E-state index in [1.807, 2.05) is 0 Å². The van der Waals surface area contributed by atoms with E-state index in [1.165, 1.54) is 14.1 Å². The maximum atomic E-state index is 12.6. The molecule has 0 aromatic carbocycles. The quantitative estimate of drug-likeness (QED) is 0.656. The standard InChI is InChI=1S/C16H19N5O6/c1-19-11(6-12(22)20(2)16(19)26)18-13(23)10-7-17-15(25)21(14(10)24)8-9-4-3-5-27-9/h6-7,9H,3-5,8H2,1-2H3,(H,17,25)(H,18,23). The molecule has 0 saturated carbocycles. The number of hydrogen-bond acceptors (Lipinski definition) is 6. The van der Waals surface area contributed by atoms with E-state index in [9.17, 15) is 24.0 Å². The molecule has 1 saturated heterocycles. The van der Waals surface area contributed by atoms with Gasteiger partial charge in [0.2, 0.25) is 0 Å². The number of ether oxygens (including phenoxy) is 1. The first-order valence-corrected chi connectivity index (χ1v) is 8.32. The first-order chi connectivity index (χ1) is 12.8. The van der Waals surface area contributed by atoms with Gasteiger partial charge in [-0.1, -0.05) is 0 Å². The van der Waals surface area contributed by atoms with Crippen molar-refractivity contribution in [3.8, 4) is 0 Å². The van der Waals surface area contributed by atoms with Gasteiger partial charge in [-0.15, -0.1) is 0 Å². The van der Waals surface area contributed by atoms with Crippen molar-refractivity contribution < 1.29 is 9.53 Å². The van der Waals surface area contributed by atoms with Crippen LogP contribution in [0.3, 0.4) is 0 Å². The number of carbonyl (C=O) groups excluding carboxylic acids is 1. The number of carbonyl (C=O) groups is 1. The van der Waals surface area contributed by atoms with Crippen LogP contribution in [-0.2, 0) is 25.4 Å². The van der Waals surface area contributed by atoms with E-state index in [0.717, 1.165) is 38.8 Å². The third kappa shape index (κ3) is 3.53. The average molecular weight is 377 g/mol. The minimum absolute atomic E-state index is 0.0413. The summed E-state index contributed by atoms with van der Waals surface area (Å²) in [7, 11) is 2.68. The summed E-state index contributed by atoms with van der Waals surface area (Å²) in [6.07, 6.45) is 2.30. The van der Waals surface area contributed by atoms with Crippen LogP contribution in [0, 0.1) is 0 Å². The second-order valence-corrected chi connectivity index (χ2v) is 6.28. The third-order valence-corrected chi connectivity index (χ3v) is 4.48. The fourth-order valence-corrected chi connectivity index (χ4v) is 2.87. The lowest BCUT2D eigenvalue weighted by atomic mass is 10.2. The maximum Gasteiger partial charge on any atom is 0.332 e.